The smallest absolute Gasteiger partial charge is 0.161 e. The number of thioether (sulfide) groups is 1. The number of aromatic nitrogens is 2. The third-order valence-corrected chi connectivity index (χ3v) is 6.99. The van der Waals surface area contributed by atoms with E-state index in [2.05, 4.69) is 11.2 Å². The van der Waals surface area contributed by atoms with Crippen LogP contribution >= 0.6 is 23.1 Å². The van der Waals surface area contributed by atoms with Crippen LogP contribution in [-0.2, 0) is 5.75 Å². The first-order chi connectivity index (χ1) is 15.5. The fourth-order valence-electron chi connectivity index (χ4n) is 3.36. The summed E-state index contributed by atoms with van der Waals surface area (Å²) in [5.74, 6) is 2.63. The van der Waals surface area contributed by atoms with Gasteiger partial charge in [-0.05, 0) is 49.1 Å². The maximum atomic E-state index is 10.1. The second-order valence-corrected chi connectivity index (χ2v) is 8.90. The fourth-order valence-corrected chi connectivity index (χ4v) is 5.21. The Bertz CT molecular complexity index is 1270. The first-order valence-electron chi connectivity index (χ1n) is 9.81. The van der Waals surface area contributed by atoms with E-state index in [1.165, 1.54) is 11.8 Å². The highest BCUT2D eigenvalue weighted by atomic mass is 32.2. The van der Waals surface area contributed by atoms with Gasteiger partial charge < -0.3 is 14.0 Å². The number of benzene rings is 1. The van der Waals surface area contributed by atoms with Gasteiger partial charge in [-0.1, -0.05) is 17.3 Å². The van der Waals surface area contributed by atoms with Crippen LogP contribution in [0.4, 0.5) is 0 Å². The standard InChI is InChI=1S/C24H21N3O3S2/c1-14-19(15(2)30-27-14)13-32-24-18(12-25)17(11-20(26-24)23-6-5-9-31-23)16-7-8-21(28-3)22(10-16)29-4/h5-11H,13H2,1-4H3. The van der Waals surface area contributed by atoms with Gasteiger partial charge in [-0.25, -0.2) is 4.98 Å². The lowest BCUT2D eigenvalue weighted by Gasteiger charge is -2.14. The summed E-state index contributed by atoms with van der Waals surface area (Å²) in [4.78, 5) is 5.89. The summed E-state index contributed by atoms with van der Waals surface area (Å²) in [6.07, 6.45) is 0. The van der Waals surface area contributed by atoms with Gasteiger partial charge in [0.25, 0.3) is 0 Å². The van der Waals surface area contributed by atoms with Gasteiger partial charge in [0.1, 0.15) is 16.9 Å². The average molecular weight is 464 g/mol. The quantitative estimate of drug-likeness (QED) is 0.299. The van der Waals surface area contributed by atoms with Gasteiger partial charge in [0, 0.05) is 16.9 Å². The summed E-state index contributed by atoms with van der Waals surface area (Å²) in [5.41, 5.74) is 4.88. The lowest BCUT2D eigenvalue weighted by atomic mass is 10.00. The molecule has 0 radical (unpaired) electrons. The molecule has 0 amide bonds. The third kappa shape index (κ3) is 4.22. The molecule has 8 heteroatoms. The number of nitriles is 1. The van der Waals surface area contributed by atoms with Gasteiger partial charge in [0.2, 0.25) is 0 Å². The molecule has 3 aromatic heterocycles. The van der Waals surface area contributed by atoms with Crippen molar-refractivity contribution in [3.8, 4) is 39.3 Å². The molecular formula is C24H21N3O3S2. The Morgan fingerprint density at radius 1 is 1.12 bits per heavy atom. The molecule has 0 spiro atoms. The van der Waals surface area contributed by atoms with Crippen LogP contribution in [0.15, 0.2) is 51.3 Å². The maximum Gasteiger partial charge on any atom is 0.161 e. The van der Waals surface area contributed by atoms with E-state index in [9.17, 15) is 5.26 Å². The van der Waals surface area contributed by atoms with E-state index in [4.69, 9.17) is 19.0 Å². The van der Waals surface area contributed by atoms with E-state index in [1.807, 2.05) is 55.6 Å². The molecule has 0 unspecified atom stereocenters. The number of aryl methyl sites for hydroxylation is 2. The summed E-state index contributed by atoms with van der Waals surface area (Å²) in [6, 6.07) is 14.0. The number of methoxy groups -OCH3 is 2. The fraction of sp³-hybridized carbons (Fsp3) is 0.208. The Morgan fingerprint density at radius 3 is 2.56 bits per heavy atom. The van der Waals surface area contributed by atoms with Crippen molar-refractivity contribution in [2.75, 3.05) is 14.2 Å². The van der Waals surface area contributed by atoms with Crippen molar-refractivity contribution in [1.82, 2.24) is 10.1 Å². The van der Waals surface area contributed by atoms with Crippen molar-refractivity contribution in [1.29, 1.82) is 5.26 Å². The number of rotatable bonds is 7. The first kappa shape index (κ1) is 21.9. The molecule has 3 heterocycles. The van der Waals surface area contributed by atoms with Crippen molar-refractivity contribution in [2.24, 2.45) is 0 Å². The number of nitrogens with zero attached hydrogens (tertiary/aromatic N) is 3. The summed E-state index contributed by atoms with van der Waals surface area (Å²) in [5, 5.41) is 16.8. The number of ether oxygens (including phenoxy) is 2. The molecule has 0 fully saturated rings. The van der Waals surface area contributed by atoms with Crippen LogP contribution in [0.3, 0.4) is 0 Å². The second kappa shape index (κ2) is 9.47. The van der Waals surface area contributed by atoms with Crippen LogP contribution in [0.2, 0.25) is 0 Å². The SMILES string of the molecule is COc1ccc(-c2cc(-c3cccs3)nc(SCc3c(C)noc3C)c2C#N)cc1OC. The molecule has 1 aromatic carbocycles. The van der Waals surface area contributed by atoms with Crippen molar-refractivity contribution in [3.63, 3.8) is 0 Å². The summed E-state index contributed by atoms with van der Waals surface area (Å²) >= 11 is 3.12. The minimum Gasteiger partial charge on any atom is -0.493 e. The molecule has 0 aliphatic rings. The molecule has 32 heavy (non-hydrogen) atoms. The molecule has 0 bridgehead atoms. The van der Waals surface area contributed by atoms with Crippen molar-refractivity contribution in [2.45, 2.75) is 24.6 Å². The number of thiophene rings is 1. The largest absolute Gasteiger partial charge is 0.493 e. The van der Waals surface area contributed by atoms with Crippen LogP contribution < -0.4 is 9.47 Å². The highest BCUT2D eigenvalue weighted by Crippen LogP contribution is 2.39. The van der Waals surface area contributed by atoms with E-state index < -0.39 is 0 Å². The predicted octanol–water partition coefficient (Wildman–Crippen LogP) is 6.26. The Labute approximate surface area is 194 Å². The molecular weight excluding hydrogens is 442 g/mol. The van der Waals surface area contributed by atoms with Crippen molar-refractivity contribution < 1.29 is 14.0 Å². The van der Waals surface area contributed by atoms with Crippen molar-refractivity contribution >= 4 is 23.1 Å². The lowest BCUT2D eigenvalue weighted by molar-refractivity contribution is 0.355. The Hall–Kier alpha value is -3.28. The van der Waals surface area contributed by atoms with E-state index in [1.54, 1.807) is 25.6 Å². The zero-order chi connectivity index (χ0) is 22.7. The van der Waals surface area contributed by atoms with Gasteiger partial charge in [-0.2, -0.15) is 5.26 Å². The van der Waals surface area contributed by atoms with Gasteiger partial charge >= 0.3 is 0 Å². The Balaban J connectivity index is 1.85. The van der Waals surface area contributed by atoms with E-state index in [0.29, 0.717) is 27.8 Å². The molecule has 0 aliphatic heterocycles. The number of pyridine rings is 1. The molecule has 6 nitrogen and oxygen atoms in total. The van der Waals surface area contributed by atoms with Crippen LogP contribution in [0.1, 0.15) is 22.6 Å². The lowest BCUT2D eigenvalue weighted by Crippen LogP contribution is -1.97. The van der Waals surface area contributed by atoms with Crippen LogP contribution in [0.5, 0.6) is 11.5 Å². The topological polar surface area (TPSA) is 81.2 Å². The van der Waals surface area contributed by atoms with Crippen molar-refractivity contribution in [3.05, 3.63) is 64.4 Å². The van der Waals surface area contributed by atoms with Gasteiger partial charge in [-0.3, -0.25) is 0 Å². The highest BCUT2D eigenvalue weighted by Gasteiger charge is 2.19. The van der Waals surface area contributed by atoms with Crippen LogP contribution in [-0.4, -0.2) is 24.4 Å². The summed E-state index contributed by atoms with van der Waals surface area (Å²) in [6.45, 7) is 3.81. The molecule has 4 aromatic rings. The van der Waals surface area contributed by atoms with Crippen LogP contribution in [0.25, 0.3) is 21.7 Å². The van der Waals surface area contributed by atoms with Gasteiger partial charge in [-0.15, -0.1) is 23.1 Å². The van der Waals surface area contributed by atoms with E-state index >= 15 is 0 Å². The van der Waals surface area contributed by atoms with E-state index in [0.717, 1.165) is 38.7 Å². The maximum absolute atomic E-state index is 10.1. The van der Waals surface area contributed by atoms with Gasteiger partial charge in [0.05, 0.1) is 36.0 Å². The monoisotopic (exact) mass is 463 g/mol. The van der Waals surface area contributed by atoms with Crippen LogP contribution in [0, 0.1) is 25.2 Å². The molecule has 4 rings (SSSR count). The molecule has 0 atom stereocenters. The normalized spacial score (nSPS) is 10.7. The summed E-state index contributed by atoms with van der Waals surface area (Å²) in [7, 11) is 3.20. The first-order valence-corrected chi connectivity index (χ1v) is 11.7. The zero-order valence-corrected chi connectivity index (χ0v) is 19.8. The average Bonchev–Trinajstić information content (AvgIpc) is 3.47. The minimum absolute atomic E-state index is 0.522. The van der Waals surface area contributed by atoms with E-state index in [-0.39, 0.29) is 0 Å². The van der Waals surface area contributed by atoms with Gasteiger partial charge in [0.15, 0.2) is 11.5 Å². The highest BCUT2D eigenvalue weighted by molar-refractivity contribution is 7.98. The molecule has 0 aliphatic carbocycles. The molecule has 0 saturated heterocycles. The summed E-state index contributed by atoms with van der Waals surface area (Å²) < 4.78 is 16.1. The zero-order valence-electron chi connectivity index (χ0n) is 18.1. The Kier molecular flexibility index (Phi) is 6.49. The molecule has 162 valence electrons. The molecule has 0 N–H and O–H groups in total. The second-order valence-electron chi connectivity index (χ2n) is 6.99. The number of hydrogen-bond acceptors (Lipinski definition) is 8. The third-order valence-electron chi connectivity index (χ3n) is 5.10. The number of hydrogen-bond donors (Lipinski definition) is 0. The predicted molar refractivity (Wildman–Crippen MR) is 126 cm³/mol. The minimum atomic E-state index is 0.522. The molecule has 0 saturated carbocycles. The Morgan fingerprint density at radius 2 is 1.94 bits per heavy atom.